The van der Waals surface area contributed by atoms with Crippen molar-refractivity contribution < 1.29 is 9.47 Å². The molecule has 1 rings (SSSR count). The van der Waals surface area contributed by atoms with Gasteiger partial charge < -0.3 is 15.2 Å². The summed E-state index contributed by atoms with van der Waals surface area (Å²) in [6.45, 7) is 3.35. The minimum absolute atomic E-state index is 0.122. The highest BCUT2D eigenvalue weighted by atomic mass is 32.2. The van der Waals surface area contributed by atoms with E-state index in [1.165, 1.54) is 11.8 Å². The number of rotatable bonds is 7. The highest BCUT2D eigenvalue weighted by Gasteiger charge is 1.97. The highest BCUT2D eigenvalue weighted by molar-refractivity contribution is 8.13. The number of ether oxygens (including phenoxy) is 2. The van der Waals surface area contributed by atoms with E-state index >= 15 is 0 Å². The molecule has 1 aromatic rings. The van der Waals surface area contributed by atoms with Gasteiger partial charge in [0.1, 0.15) is 11.5 Å². The number of hydrogen-bond donors (Lipinski definition) is 2. The summed E-state index contributed by atoms with van der Waals surface area (Å²) < 4.78 is 11.0. The van der Waals surface area contributed by atoms with E-state index in [4.69, 9.17) is 20.6 Å². The van der Waals surface area contributed by atoms with E-state index in [-0.39, 0.29) is 5.17 Å². The van der Waals surface area contributed by atoms with Crippen LogP contribution in [0.4, 0.5) is 0 Å². The molecular weight excluding hydrogens is 236 g/mol. The molecule has 1 aromatic carbocycles. The SMILES string of the molecule is CCCOc1ccc(OCCSC(=N)N)cc1. The maximum absolute atomic E-state index is 7.04. The number of thioether (sulfide) groups is 1. The smallest absolute Gasteiger partial charge is 0.151 e. The number of hydrogen-bond acceptors (Lipinski definition) is 4. The third-order valence-electron chi connectivity index (χ3n) is 1.91. The molecule has 0 unspecified atom stereocenters. The minimum atomic E-state index is 0.122. The summed E-state index contributed by atoms with van der Waals surface area (Å²) in [5.74, 6) is 2.35. The second-order valence-corrected chi connectivity index (χ2v) is 4.52. The van der Waals surface area contributed by atoms with Crippen LogP contribution in [-0.4, -0.2) is 24.1 Å². The molecule has 0 spiro atoms. The quantitative estimate of drug-likeness (QED) is 0.445. The van der Waals surface area contributed by atoms with Crippen LogP contribution >= 0.6 is 11.8 Å². The van der Waals surface area contributed by atoms with Crippen LogP contribution < -0.4 is 15.2 Å². The lowest BCUT2D eigenvalue weighted by Crippen LogP contribution is -2.08. The Morgan fingerprint density at radius 1 is 1.18 bits per heavy atom. The van der Waals surface area contributed by atoms with E-state index in [0.29, 0.717) is 12.4 Å². The molecule has 5 heteroatoms. The summed E-state index contributed by atoms with van der Waals surface area (Å²) in [4.78, 5) is 0. The van der Waals surface area contributed by atoms with Crippen LogP contribution in [0.15, 0.2) is 24.3 Å². The van der Waals surface area contributed by atoms with Crippen molar-refractivity contribution in [3.63, 3.8) is 0 Å². The average molecular weight is 254 g/mol. The molecule has 3 N–H and O–H groups in total. The van der Waals surface area contributed by atoms with Crippen LogP contribution in [0.1, 0.15) is 13.3 Å². The molecule has 4 nitrogen and oxygen atoms in total. The van der Waals surface area contributed by atoms with Crippen molar-refractivity contribution >= 4 is 16.9 Å². The predicted molar refractivity (Wildman–Crippen MR) is 72.1 cm³/mol. The van der Waals surface area contributed by atoms with Crippen molar-refractivity contribution in [2.45, 2.75) is 13.3 Å². The Kier molecular flexibility index (Phi) is 6.32. The van der Waals surface area contributed by atoms with Gasteiger partial charge in [-0.05, 0) is 30.7 Å². The summed E-state index contributed by atoms with van der Waals surface area (Å²) in [5.41, 5.74) is 5.21. The fraction of sp³-hybridized carbons (Fsp3) is 0.417. The van der Waals surface area contributed by atoms with Gasteiger partial charge in [-0.15, -0.1) is 0 Å². The lowest BCUT2D eigenvalue weighted by molar-refractivity contribution is 0.314. The summed E-state index contributed by atoms with van der Waals surface area (Å²) in [5, 5.41) is 7.16. The second-order valence-electron chi connectivity index (χ2n) is 3.38. The number of nitrogens with two attached hydrogens (primary N) is 1. The Morgan fingerprint density at radius 3 is 2.18 bits per heavy atom. The first kappa shape index (κ1) is 13.7. The van der Waals surface area contributed by atoms with Gasteiger partial charge in [-0.3, -0.25) is 5.41 Å². The molecule has 0 heterocycles. The largest absolute Gasteiger partial charge is 0.494 e. The van der Waals surface area contributed by atoms with Crippen molar-refractivity contribution in [2.24, 2.45) is 5.73 Å². The lowest BCUT2D eigenvalue weighted by Gasteiger charge is -2.07. The zero-order valence-electron chi connectivity index (χ0n) is 9.94. The molecule has 0 atom stereocenters. The Labute approximate surface area is 106 Å². The molecule has 0 aliphatic rings. The van der Waals surface area contributed by atoms with Crippen molar-refractivity contribution in [1.82, 2.24) is 0 Å². The van der Waals surface area contributed by atoms with Gasteiger partial charge in [0.05, 0.1) is 13.2 Å². The van der Waals surface area contributed by atoms with Crippen LogP contribution in [0.3, 0.4) is 0 Å². The maximum Gasteiger partial charge on any atom is 0.151 e. The first-order valence-corrected chi connectivity index (χ1v) is 6.53. The minimum Gasteiger partial charge on any atom is -0.494 e. The molecule has 17 heavy (non-hydrogen) atoms. The molecule has 0 aliphatic heterocycles. The average Bonchev–Trinajstić information content (AvgIpc) is 2.33. The second kappa shape index (κ2) is 7.84. The van der Waals surface area contributed by atoms with Crippen molar-refractivity contribution in [3.8, 4) is 11.5 Å². The third-order valence-corrected chi connectivity index (χ3v) is 2.59. The van der Waals surface area contributed by atoms with Crippen LogP contribution in [0.25, 0.3) is 0 Å². The monoisotopic (exact) mass is 254 g/mol. The standard InChI is InChI=1S/C12H18N2O2S/c1-2-7-15-10-3-5-11(6-4-10)16-8-9-17-12(13)14/h3-6H,2,7-9H2,1H3,(H3,13,14). The third kappa shape index (κ3) is 6.06. The number of nitrogens with one attached hydrogen (secondary N) is 1. The highest BCUT2D eigenvalue weighted by Crippen LogP contribution is 2.17. The lowest BCUT2D eigenvalue weighted by atomic mass is 10.3. The van der Waals surface area contributed by atoms with Gasteiger partial charge in [-0.25, -0.2) is 0 Å². The summed E-state index contributed by atoms with van der Waals surface area (Å²) in [6, 6.07) is 7.54. The Bertz CT molecular complexity index is 341. The van der Waals surface area contributed by atoms with Crippen LogP contribution in [-0.2, 0) is 0 Å². The first-order chi connectivity index (χ1) is 8.22. The molecule has 0 radical (unpaired) electrons. The Balaban J connectivity index is 2.27. The molecule has 0 aliphatic carbocycles. The van der Waals surface area contributed by atoms with E-state index in [0.717, 1.165) is 24.5 Å². The molecule has 0 saturated heterocycles. The van der Waals surface area contributed by atoms with E-state index in [1.54, 1.807) is 0 Å². The van der Waals surface area contributed by atoms with Crippen LogP contribution in [0.5, 0.6) is 11.5 Å². The molecule has 0 saturated carbocycles. The molecule has 94 valence electrons. The van der Waals surface area contributed by atoms with E-state index in [1.807, 2.05) is 24.3 Å². The Hall–Kier alpha value is -1.36. The van der Waals surface area contributed by atoms with Gasteiger partial charge in [0.15, 0.2) is 5.17 Å². The molecule has 0 fully saturated rings. The summed E-state index contributed by atoms with van der Waals surface area (Å²) in [6.07, 6.45) is 1.00. The van der Waals surface area contributed by atoms with Gasteiger partial charge in [-0.1, -0.05) is 18.7 Å². The topological polar surface area (TPSA) is 68.3 Å². The van der Waals surface area contributed by atoms with Crippen molar-refractivity contribution in [3.05, 3.63) is 24.3 Å². The maximum atomic E-state index is 7.04. The fourth-order valence-corrected chi connectivity index (χ4v) is 1.55. The fourth-order valence-electron chi connectivity index (χ4n) is 1.16. The van der Waals surface area contributed by atoms with E-state index < -0.39 is 0 Å². The summed E-state index contributed by atoms with van der Waals surface area (Å²) >= 11 is 1.28. The molecule has 0 bridgehead atoms. The van der Waals surface area contributed by atoms with Gasteiger partial charge in [0.2, 0.25) is 0 Å². The number of amidine groups is 1. The van der Waals surface area contributed by atoms with Gasteiger partial charge >= 0.3 is 0 Å². The van der Waals surface area contributed by atoms with Crippen molar-refractivity contribution in [1.29, 1.82) is 5.41 Å². The Morgan fingerprint density at radius 2 is 1.71 bits per heavy atom. The van der Waals surface area contributed by atoms with Crippen molar-refractivity contribution in [2.75, 3.05) is 19.0 Å². The van der Waals surface area contributed by atoms with Gasteiger partial charge in [0, 0.05) is 5.75 Å². The van der Waals surface area contributed by atoms with E-state index in [9.17, 15) is 0 Å². The van der Waals surface area contributed by atoms with Gasteiger partial charge in [0.25, 0.3) is 0 Å². The number of benzene rings is 1. The summed E-state index contributed by atoms with van der Waals surface area (Å²) in [7, 11) is 0. The zero-order valence-corrected chi connectivity index (χ0v) is 10.8. The first-order valence-electron chi connectivity index (χ1n) is 5.55. The molecular formula is C12H18N2O2S. The van der Waals surface area contributed by atoms with Crippen LogP contribution in [0.2, 0.25) is 0 Å². The normalized spacial score (nSPS) is 9.94. The molecule has 0 amide bonds. The molecule has 0 aromatic heterocycles. The predicted octanol–water partition coefficient (Wildman–Crippen LogP) is 2.48. The van der Waals surface area contributed by atoms with Gasteiger partial charge in [-0.2, -0.15) is 0 Å². The van der Waals surface area contributed by atoms with E-state index in [2.05, 4.69) is 6.92 Å². The zero-order chi connectivity index (χ0) is 12.5. The van der Waals surface area contributed by atoms with Crippen LogP contribution in [0, 0.1) is 5.41 Å².